The lowest BCUT2D eigenvalue weighted by Crippen LogP contribution is -2.18. The number of likely N-dealkylation sites (N-methyl/N-ethyl adjacent to an activating group) is 1. The summed E-state index contributed by atoms with van der Waals surface area (Å²) in [7, 11) is 3.42. The number of benzene rings is 1. The Kier molecular flexibility index (Phi) is 3.85. The van der Waals surface area contributed by atoms with E-state index in [-0.39, 0.29) is 11.7 Å². The van der Waals surface area contributed by atoms with Gasteiger partial charge >= 0.3 is 0 Å². The highest BCUT2D eigenvalue weighted by molar-refractivity contribution is 5.96. The highest BCUT2D eigenvalue weighted by atomic mass is 16.3. The zero-order chi connectivity index (χ0) is 16.4. The number of carbonyl (C=O) groups excluding carboxylic acids is 1. The van der Waals surface area contributed by atoms with Gasteiger partial charge in [-0.05, 0) is 29.8 Å². The van der Waals surface area contributed by atoms with Crippen molar-refractivity contribution in [1.29, 1.82) is 0 Å². The van der Waals surface area contributed by atoms with Crippen LogP contribution in [0.15, 0.2) is 48.8 Å². The van der Waals surface area contributed by atoms with Crippen molar-refractivity contribution in [2.45, 2.75) is 0 Å². The molecular weight excluding hydrogens is 290 g/mol. The average molecular weight is 307 g/mol. The summed E-state index contributed by atoms with van der Waals surface area (Å²) in [6, 6.07) is 9.03. The Labute approximate surface area is 133 Å². The smallest absolute Gasteiger partial charge is 0.246 e. The Morgan fingerprint density at radius 3 is 2.83 bits per heavy atom. The first kappa shape index (κ1) is 14.8. The molecule has 0 aliphatic rings. The van der Waals surface area contributed by atoms with Crippen LogP contribution < -0.4 is 0 Å². The number of rotatable bonds is 3. The molecule has 3 rings (SSSR count). The summed E-state index contributed by atoms with van der Waals surface area (Å²) in [6.07, 6.45) is 6.88. The van der Waals surface area contributed by atoms with E-state index in [0.29, 0.717) is 0 Å². The van der Waals surface area contributed by atoms with Gasteiger partial charge in [0.25, 0.3) is 0 Å². The van der Waals surface area contributed by atoms with Crippen molar-refractivity contribution >= 4 is 23.0 Å². The fourth-order valence-corrected chi connectivity index (χ4v) is 2.32. The SMILES string of the molecule is CN(C)C(=O)C=Cc1c[nH]c2ncc(-c3cccc(O)c3)cc12. The molecule has 116 valence electrons. The van der Waals surface area contributed by atoms with E-state index < -0.39 is 0 Å². The number of nitrogens with zero attached hydrogens (tertiary/aromatic N) is 2. The zero-order valence-corrected chi connectivity index (χ0v) is 12.9. The third kappa shape index (κ3) is 3.08. The Balaban J connectivity index is 2.02. The van der Waals surface area contributed by atoms with E-state index in [1.54, 1.807) is 44.6 Å². The molecule has 0 saturated heterocycles. The first-order valence-electron chi connectivity index (χ1n) is 7.20. The Morgan fingerprint density at radius 2 is 2.09 bits per heavy atom. The van der Waals surface area contributed by atoms with Crippen LogP contribution in [-0.4, -0.2) is 40.0 Å². The molecule has 5 nitrogen and oxygen atoms in total. The average Bonchev–Trinajstić information content (AvgIpc) is 2.94. The van der Waals surface area contributed by atoms with Crippen molar-refractivity contribution < 1.29 is 9.90 Å². The van der Waals surface area contributed by atoms with Crippen molar-refractivity contribution in [2.75, 3.05) is 14.1 Å². The molecule has 1 aromatic carbocycles. The van der Waals surface area contributed by atoms with E-state index in [2.05, 4.69) is 9.97 Å². The topological polar surface area (TPSA) is 69.2 Å². The fraction of sp³-hybridized carbons (Fsp3) is 0.111. The number of fused-ring (bicyclic) bond motifs is 1. The van der Waals surface area contributed by atoms with Gasteiger partial charge in [-0.1, -0.05) is 12.1 Å². The van der Waals surface area contributed by atoms with E-state index in [1.807, 2.05) is 18.3 Å². The number of aromatic amines is 1. The molecule has 0 spiro atoms. The zero-order valence-electron chi connectivity index (χ0n) is 12.9. The lowest BCUT2D eigenvalue weighted by atomic mass is 10.1. The first-order chi connectivity index (χ1) is 11.0. The summed E-state index contributed by atoms with van der Waals surface area (Å²) >= 11 is 0. The van der Waals surface area contributed by atoms with Crippen molar-refractivity contribution in [3.8, 4) is 16.9 Å². The molecule has 3 aromatic rings. The number of nitrogens with one attached hydrogen (secondary N) is 1. The normalized spacial score (nSPS) is 11.2. The van der Waals surface area contributed by atoms with Crippen molar-refractivity contribution in [1.82, 2.24) is 14.9 Å². The molecule has 0 unspecified atom stereocenters. The molecule has 2 heterocycles. The Morgan fingerprint density at radius 1 is 1.26 bits per heavy atom. The number of phenolic OH excluding ortho intramolecular Hbond substituents is 1. The number of aromatic nitrogens is 2. The molecule has 0 radical (unpaired) electrons. The highest BCUT2D eigenvalue weighted by Gasteiger charge is 2.07. The van der Waals surface area contributed by atoms with Gasteiger partial charge in [-0.15, -0.1) is 0 Å². The molecule has 0 atom stereocenters. The van der Waals surface area contributed by atoms with Gasteiger partial charge in [-0.25, -0.2) is 4.98 Å². The Hall–Kier alpha value is -3.08. The number of carbonyl (C=O) groups is 1. The highest BCUT2D eigenvalue weighted by Crippen LogP contribution is 2.27. The summed E-state index contributed by atoms with van der Waals surface area (Å²) in [6.45, 7) is 0. The predicted molar refractivity (Wildman–Crippen MR) is 90.9 cm³/mol. The molecule has 2 N–H and O–H groups in total. The van der Waals surface area contributed by atoms with Gasteiger partial charge in [-0.3, -0.25) is 4.79 Å². The van der Waals surface area contributed by atoms with Gasteiger partial charge in [0.05, 0.1) is 0 Å². The predicted octanol–water partition coefficient (Wildman–Crippen LogP) is 3.04. The van der Waals surface area contributed by atoms with Crippen LogP contribution >= 0.6 is 0 Å². The van der Waals surface area contributed by atoms with Gasteiger partial charge in [0, 0.05) is 49.1 Å². The van der Waals surface area contributed by atoms with Gasteiger partial charge < -0.3 is 15.0 Å². The molecule has 0 saturated carbocycles. The maximum absolute atomic E-state index is 11.7. The van der Waals surface area contributed by atoms with Gasteiger partial charge in [-0.2, -0.15) is 0 Å². The number of pyridine rings is 1. The van der Waals surface area contributed by atoms with E-state index in [4.69, 9.17) is 0 Å². The van der Waals surface area contributed by atoms with Crippen molar-refractivity contribution in [2.24, 2.45) is 0 Å². The second-order valence-corrected chi connectivity index (χ2v) is 5.48. The summed E-state index contributed by atoms with van der Waals surface area (Å²) in [4.78, 5) is 20.7. The second kappa shape index (κ2) is 5.96. The number of hydrogen-bond donors (Lipinski definition) is 2. The van der Waals surface area contributed by atoms with Crippen LogP contribution in [0.4, 0.5) is 0 Å². The van der Waals surface area contributed by atoms with Crippen LogP contribution in [0.3, 0.4) is 0 Å². The van der Waals surface area contributed by atoms with E-state index >= 15 is 0 Å². The Bertz CT molecular complexity index is 894. The van der Waals surface area contributed by atoms with Crippen LogP contribution in [-0.2, 0) is 4.79 Å². The minimum atomic E-state index is -0.0727. The quantitative estimate of drug-likeness (QED) is 0.731. The van der Waals surface area contributed by atoms with E-state index in [1.165, 1.54) is 11.0 Å². The van der Waals surface area contributed by atoms with Crippen LogP contribution in [0.1, 0.15) is 5.56 Å². The van der Waals surface area contributed by atoms with Crippen LogP contribution in [0.5, 0.6) is 5.75 Å². The van der Waals surface area contributed by atoms with Crippen LogP contribution in [0.25, 0.3) is 28.2 Å². The molecule has 2 aromatic heterocycles. The van der Waals surface area contributed by atoms with E-state index in [9.17, 15) is 9.90 Å². The van der Waals surface area contributed by atoms with Gasteiger partial charge in [0.2, 0.25) is 5.91 Å². The molecule has 0 bridgehead atoms. The van der Waals surface area contributed by atoms with Crippen LogP contribution in [0.2, 0.25) is 0 Å². The summed E-state index contributed by atoms with van der Waals surface area (Å²) in [5.74, 6) is 0.143. The molecule has 0 fully saturated rings. The summed E-state index contributed by atoms with van der Waals surface area (Å²) in [5, 5.41) is 10.5. The first-order valence-corrected chi connectivity index (χ1v) is 7.20. The maximum atomic E-state index is 11.7. The number of amides is 1. The fourth-order valence-electron chi connectivity index (χ4n) is 2.32. The van der Waals surface area contributed by atoms with Gasteiger partial charge in [0.15, 0.2) is 0 Å². The monoisotopic (exact) mass is 307 g/mol. The van der Waals surface area contributed by atoms with E-state index in [0.717, 1.165) is 27.7 Å². The standard InChI is InChI=1S/C18H17N3O2/c1-21(2)17(23)7-6-13-10-19-18-16(13)9-14(11-20-18)12-4-3-5-15(22)8-12/h3-11,22H,1-2H3,(H,19,20). The summed E-state index contributed by atoms with van der Waals surface area (Å²) in [5.41, 5.74) is 3.44. The molecule has 1 amide bonds. The molecule has 23 heavy (non-hydrogen) atoms. The second-order valence-electron chi connectivity index (χ2n) is 5.48. The third-order valence-corrected chi connectivity index (χ3v) is 3.59. The molecular formula is C18H17N3O2. The largest absolute Gasteiger partial charge is 0.508 e. The maximum Gasteiger partial charge on any atom is 0.246 e. The molecule has 0 aliphatic carbocycles. The summed E-state index contributed by atoms with van der Waals surface area (Å²) < 4.78 is 0. The van der Waals surface area contributed by atoms with Crippen molar-refractivity contribution in [3.05, 3.63) is 54.4 Å². The lowest BCUT2D eigenvalue weighted by Gasteiger charge is -2.05. The third-order valence-electron chi connectivity index (χ3n) is 3.59. The molecule has 5 heteroatoms. The van der Waals surface area contributed by atoms with Gasteiger partial charge in [0.1, 0.15) is 11.4 Å². The minimum absolute atomic E-state index is 0.0727. The minimum Gasteiger partial charge on any atom is -0.508 e. The number of hydrogen-bond acceptors (Lipinski definition) is 3. The van der Waals surface area contributed by atoms with Crippen LogP contribution in [0, 0.1) is 0 Å². The number of aromatic hydroxyl groups is 1. The number of H-pyrrole nitrogens is 1. The number of phenols is 1. The van der Waals surface area contributed by atoms with Crippen molar-refractivity contribution in [3.63, 3.8) is 0 Å². The lowest BCUT2D eigenvalue weighted by molar-refractivity contribution is -0.123. The molecule has 0 aliphatic heterocycles.